The lowest BCUT2D eigenvalue weighted by Crippen LogP contribution is -2.09. The summed E-state index contributed by atoms with van der Waals surface area (Å²) >= 11 is 5.77. The average Bonchev–Trinajstić information content (AvgIpc) is 2.96. The first-order valence-electron chi connectivity index (χ1n) is 6.45. The smallest absolute Gasteiger partial charge is 0.248 e. The molecular formula is C16H11ClFNO3. The van der Waals surface area contributed by atoms with Crippen LogP contribution in [0.1, 0.15) is 5.56 Å². The summed E-state index contributed by atoms with van der Waals surface area (Å²) < 4.78 is 24.0. The van der Waals surface area contributed by atoms with Crippen molar-refractivity contribution in [2.75, 3.05) is 12.1 Å². The number of benzene rings is 2. The largest absolute Gasteiger partial charge is 0.454 e. The summed E-state index contributed by atoms with van der Waals surface area (Å²) in [5, 5.41) is 2.78. The average molecular weight is 320 g/mol. The first-order valence-corrected chi connectivity index (χ1v) is 6.83. The standard InChI is InChI=1S/C16H11ClFNO3/c17-11-3-4-12(18)13(8-11)19-16(20)6-2-10-1-5-14-15(7-10)22-9-21-14/h1-8H,9H2,(H,19,20)/b6-2+. The fourth-order valence-electron chi connectivity index (χ4n) is 1.96. The third-order valence-electron chi connectivity index (χ3n) is 3.01. The van der Waals surface area contributed by atoms with Crippen molar-refractivity contribution in [3.63, 3.8) is 0 Å². The Morgan fingerprint density at radius 1 is 1.18 bits per heavy atom. The maximum atomic E-state index is 13.5. The summed E-state index contributed by atoms with van der Waals surface area (Å²) in [6.45, 7) is 0.191. The van der Waals surface area contributed by atoms with Crippen molar-refractivity contribution < 1.29 is 18.7 Å². The summed E-state index contributed by atoms with van der Waals surface area (Å²) in [5.41, 5.74) is 0.804. The minimum atomic E-state index is -0.547. The molecule has 4 nitrogen and oxygen atoms in total. The number of anilines is 1. The van der Waals surface area contributed by atoms with E-state index in [9.17, 15) is 9.18 Å². The molecule has 0 spiro atoms. The summed E-state index contributed by atoms with van der Waals surface area (Å²) in [7, 11) is 0. The van der Waals surface area contributed by atoms with Crippen LogP contribution in [0.5, 0.6) is 11.5 Å². The Morgan fingerprint density at radius 2 is 2.00 bits per heavy atom. The van der Waals surface area contributed by atoms with E-state index in [1.54, 1.807) is 24.3 Å². The van der Waals surface area contributed by atoms with E-state index in [0.29, 0.717) is 16.5 Å². The van der Waals surface area contributed by atoms with Gasteiger partial charge in [0.2, 0.25) is 12.7 Å². The summed E-state index contributed by atoms with van der Waals surface area (Å²) in [6, 6.07) is 9.26. The quantitative estimate of drug-likeness (QED) is 0.874. The highest BCUT2D eigenvalue weighted by molar-refractivity contribution is 6.30. The normalized spacial score (nSPS) is 12.6. The number of hydrogen-bond donors (Lipinski definition) is 1. The predicted octanol–water partition coefficient (Wildman–Crippen LogP) is 3.86. The zero-order valence-corrected chi connectivity index (χ0v) is 12.1. The van der Waals surface area contributed by atoms with Gasteiger partial charge in [0.05, 0.1) is 5.69 Å². The third kappa shape index (κ3) is 3.20. The minimum Gasteiger partial charge on any atom is -0.454 e. The number of rotatable bonds is 3. The van der Waals surface area contributed by atoms with Crippen LogP contribution in [0.2, 0.25) is 5.02 Å². The van der Waals surface area contributed by atoms with Crippen molar-refractivity contribution in [2.45, 2.75) is 0 Å². The van der Waals surface area contributed by atoms with Crippen LogP contribution in [0.15, 0.2) is 42.5 Å². The van der Waals surface area contributed by atoms with Crippen molar-refractivity contribution in [2.24, 2.45) is 0 Å². The van der Waals surface area contributed by atoms with Crippen LogP contribution in [0.25, 0.3) is 6.08 Å². The van der Waals surface area contributed by atoms with Crippen LogP contribution in [0, 0.1) is 5.82 Å². The maximum absolute atomic E-state index is 13.5. The van der Waals surface area contributed by atoms with Gasteiger partial charge in [-0.25, -0.2) is 4.39 Å². The molecule has 112 valence electrons. The Bertz CT molecular complexity index is 761. The van der Waals surface area contributed by atoms with Crippen molar-refractivity contribution >= 4 is 29.3 Å². The molecule has 1 N–H and O–H groups in total. The molecule has 0 fully saturated rings. The number of ether oxygens (including phenoxy) is 2. The summed E-state index contributed by atoms with van der Waals surface area (Å²) in [5.74, 6) is 0.291. The van der Waals surface area contributed by atoms with Gasteiger partial charge < -0.3 is 14.8 Å². The van der Waals surface area contributed by atoms with Crippen LogP contribution in [-0.2, 0) is 4.79 Å². The van der Waals surface area contributed by atoms with E-state index in [1.807, 2.05) is 0 Å². The second-order valence-corrected chi connectivity index (χ2v) is 5.00. The number of amides is 1. The summed E-state index contributed by atoms with van der Waals surface area (Å²) in [4.78, 5) is 11.8. The zero-order valence-electron chi connectivity index (χ0n) is 11.3. The Labute approximate surface area is 131 Å². The Morgan fingerprint density at radius 3 is 2.86 bits per heavy atom. The van der Waals surface area contributed by atoms with Crippen molar-refractivity contribution in [1.82, 2.24) is 0 Å². The molecule has 2 aromatic rings. The van der Waals surface area contributed by atoms with E-state index in [4.69, 9.17) is 21.1 Å². The number of carbonyl (C=O) groups excluding carboxylic acids is 1. The third-order valence-corrected chi connectivity index (χ3v) is 3.25. The molecule has 0 unspecified atom stereocenters. The molecule has 1 amide bonds. The fraction of sp³-hybridized carbons (Fsp3) is 0.0625. The second-order valence-electron chi connectivity index (χ2n) is 4.56. The van der Waals surface area contributed by atoms with Crippen molar-refractivity contribution in [3.05, 3.63) is 58.9 Å². The highest BCUT2D eigenvalue weighted by Crippen LogP contribution is 2.32. The van der Waals surface area contributed by atoms with Crippen LogP contribution >= 0.6 is 11.6 Å². The lowest BCUT2D eigenvalue weighted by Gasteiger charge is -2.04. The molecule has 6 heteroatoms. The lowest BCUT2D eigenvalue weighted by molar-refractivity contribution is -0.111. The van der Waals surface area contributed by atoms with Gasteiger partial charge in [0.1, 0.15) is 5.82 Å². The van der Waals surface area contributed by atoms with E-state index in [1.165, 1.54) is 24.3 Å². The Balaban J connectivity index is 1.70. The van der Waals surface area contributed by atoms with Crippen LogP contribution in [0.3, 0.4) is 0 Å². The number of carbonyl (C=O) groups is 1. The van der Waals surface area contributed by atoms with E-state index in [0.717, 1.165) is 5.56 Å². The maximum Gasteiger partial charge on any atom is 0.248 e. The van der Waals surface area contributed by atoms with Crippen LogP contribution in [-0.4, -0.2) is 12.7 Å². The predicted molar refractivity (Wildman–Crippen MR) is 81.6 cm³/mol. The molecule has 1 aliphatic rings. The van der Waals surface area contributed by atoms with E-state index in [2.05, 4.69) is 5.32 Å². The summed E-state index contributed by atoms with van der Waals surface area (Å²) in [6.07, 6.45) is 2.90. The number of hydrogen-bond acceptors (Lipinski definition) is 3. The Kier molecular flexibility index (Phi) is 3.98. The number of halogens is 2. The Hall–Kier alpha value is -2.53. The SMILES string of the molecule is O=C(/C=C/c1ccc2c(c1)OCO2)Nc1cc(Cl)ccc1F. The molecule has 0 saturated carbocycles. The van der Waals surface area contributed by atoms with Crippen molar-refractivity contribution in [3.8, 4) is 11.5 Å². The zero-order chi connectivity index (χ0) is 15.5. The van der Waals surface area contributed by atoms with Crippen LogP contribution < -0.4 is 14.8 Å². The molecule has 1 aliphatic heterocycles. The van der Waals surface area contributed by atoms with Crippen LogP contribution in [0.4, 0.5) is 10.1 Å². The fourth-order valence-corrected chi connectivity index (χ4v) is 2.13. The molecular weight excluding hydrogens is 309 g/mol. The molecule has 22 heavy (non-hydrogen) atoms. The molecule has 0 saturated heterocycles. The minimum absolute atomic E-state index is 0.0350. The first-order chi connectivity index (χ1) is 10.6. The monoisotopic (exact) mass is 319 g/mol. The molecule has 0 aromatic heterocycles. The van der Waals surface area contributed by atoms with Gasteiger partial charge in [0.25, 0.3) is 0 Å². The van der Waals surface area contributed by atoms with Gasteiger partial charge in [-0.05, 0) is 42.0 Å². The van der Waals surface area contributed by atoms with Gasteiger partial charge in [-0.3, -0.25) is 4.79 Å². The highest BCUT2D eigenvalue weighted by Gasteiger charge is 2.12. The molecule has 0 bridgehead atoms. The highest BCUT2D eigenvalue weighted by atomic mass is 35.5. The van der Waals surface area contributed by atoms with E-state index in [-0.39, 0.29) is 12.5 Å². The van der Waals surface area contributed by atoms with Crippen molar-refractivity contribution in [1.29, 1.82) is 0 Å². The van der Waals surface area contributed by atoms with Gasteiger partial charge in [-0.2, -0.15) is 0 Å². The number of fused-ring (bicyclic) bond motifs is 1. The second kappa shape index (κ2) is 6.07. The van der Waals surface area contributed by atoms with E-state index >= 15 is 0 Å². The lowest BCUT2D eigenvalue weighted by atomic mass is 10.2. The van der Waals surface area contributed by atoms with Gasteiger partial charge in [-0.1, -0.05) is 17.7 Å². The van der Waals surface area contributed by atoms with Gasteiger partial charge in [-0.15, -0.1) is 0 Å². The molecule has 1 heterocycles. The van der Waals surface area contributed by atoms with Gasteiger partial charge in [0.15, 0.2) is 11.5 Å². The van der Waals surface area contributed by atoms with Gasteiger partial charge >= 0.3 is 0 Å². The molecule has 0 radical (unpaired) electrons. The molecule has 0 atom stereocenters. The molecule has 0 aliphatic carbocycles. The van der Waals surface area contributed by atoms with Gasteiger partial charge in [0, 0.05) is 11.1 Å². The number of nitrogens with one attached hydrogen (secondary N) is 1. The molecule has 2 aromatic carbocycles. The topological polar surface area (TPSA) is 47.6 Å². The first kappa shape index (κ1) is 14.4. The van der Waals surface area contributed by atoms with E-state index < -0.39 is 11.7 Å². The molecule has 3 rings (SSSR count).